The molecule has 1 heterocycles. The third-order valence-corrected chi connectivity index (χ3v) is 4.50. The number of aromatic amines is 1. The first-order valence-electron chi connectivity index (χ1n) is 7.77. The van der Waals surface area contributed by atoms with Gasteiger partial charge in [0.1, 0.15) is 35.5 Å². The maximum absolute atomic E-state index is 13.8. The standard InChI is InChI=1S/C19H13ClFN3O2S/c1-27-19-23-17(15(9-22)18(25)24-19)14-6-5-13(21)8-16(14)26-10-11-3-2-4-12(20)7-11/h2-8H,10H2,1H3,(H,23,24,25). The van der Waals surface area contributed by atoms with Crippen LogP contribution in [0.5, 0.6) is 5.75 Å². The van der Waals surface area contributed by atoms with E-state index in [0.29, 0.717) is 15.7 Å². The molecule has 0 aliphatic rings. The first kappa shape index (κ1) is 19.0. The van der Waals surface area contributed by atoms with Crippen molar-refractivity contribution in [3.05, 3.63) is 74.8 Å². The first-order valence-corrected chi connectivity index (χ1v) is 9.37. The SMILES string of the molecule is CSc1nc(-c2ccc(F)cc2OCc2cccc(Cl)c2)c(C#N)c(=O)[nH]1. The van der Waals surface area contributed by atoms with Crippen LogP contribution in [-0.2, 0) is 6.61 Å². The highest BCUT2D eigenvalue weighted by Gasteiger charge is 2.18. The third kappa shape index (κ3) is 4.30. The van der Waals surface area contributed by atoms with E-state index in [0.717, 1.165) is 5.56 Å². The van der Waals surface area contributed by atoms with Crippen LogP contribution in [-0.4, -0.2) is 16.2 Å². The molecule has 0 fully saturated rings. The zero-order valence-corrected chi connectivity index (χ0v) is 15.7. The summed E-state index contributed by atoms with van der Waals surface area (Å²) in [6, 6.07) is 12.8. The lowest BCUT2D eigenvalue weighted by molar-refractivity contribution is 0.306. The van der Waals surface area contributed by atoms with Crippen molar-refractivity contribution < 1.29 is 9.13 Å². The number of nitrogens with zero attached hydrogens (tertiary/aromatic N) is 2. The average molecular weight is 402 g/mol. The number of H-pyrrole nitrogens is 1. The number of hydrogen-bond donors (Lipinski definition) is 1. The molecule has 0 radical (unpaired) electrons. The summed E-state index contributed by atoms with van der Waals surface area (Å²) in [6.45, 7) is 0.136. The van der Waals surface area contributed by atoms with E-state index in [2.05, 4.69) is 9.97 Å². The second kappa shape index (κ2) is 8.25. The molecule has 0 spiro atoms. The summed E-state index contributed by atoms with van der Waals surface area (Å²) in [5, 5.41) is 10.3. The van der Waals surface area contributed by atoms with Crippen molar-refractivity contribution in [2.75, 3.05) is 6.26 Å². The van der Waals surface area contributed by atoms with Crippen molar-refractivity contribution in [2.45, 2.75) is 11.8 Å². The van der Waals surface area contributed by atoms with Gasteiger partial charge in [-0.05, 0) is 36.1 Å². The van der Waals surface area contributed by atoms with Crippen LogP contribution in [0.2, 0.25) is 5.02 Å². The summed E-state index contributed by atoms with van der Waals surface area (Å²) in [7, 11) is 0. The number of thioether (sulfide) groups is 1. The number of hydrogen-bond acceptors (Lipinski definition) is 5. The van der Waals surface area contributed by atoms with Gasteiger partial charge in [-0.1, -0.05) is 35.5 Å². The Morgan fingerprint density at radius 3 is 2.85 bits per heavy atom. The van der Waals surface area contributed by atoms with Crippen LogP contribution in [0.4, 0.5) is 4.39 Å². The van der Waals surface area contributed by atoms with E-state index in [1.807, 2.05) is 12.1 Å². The minimum absolute atomic E-state index is 0.136. The Labute approximate surface area is 163 Å². The molecule has 0 aliphatic carbocycles. The molecule has 0 unspecified atom stereocenters. The molecule has 1 aromatic heterocycles. The molecule has 5 nitrogen and oxygen atoms in total. The number of ether oxygens (including phenoxy) is 1. The zero-order valence-electron chi connectivity index (χ0n) is 14.1. The smallest absolute Gasteiger partial charge is 0.270 e. The molecule has 2 aromatic carbocycles. The summed E-state index contributed by atoms with van der Waals surface area (Å²) < 4.78 is 19.6. The number of rotatable bonds is 5. The maximum atomic E-state index is 13.8. The van der Waals surface area contributed by atoms with Gasteiger partial charge in [0.05, 0.1) is 0 Å². The van der Waals surface area contributed by atoms with Crippen molar-refractivity contribution in [2.24, 2.45) is 0 Å². The molecule has 27 heavy (non-hydrogen) atoms. The molecule has 3 aromatic rings. The van der Waals surface area contributed by atoms with E-state index < -0.39 is 11.4 Å². The highest BCUT2D eigenvalue weighted by atomic mass is 35.5. The summed E-state index contributed by atoms with van der Waals surface area (Å²) in [5.74, 6) is -0.329. The Hall–Kier alpha value is -2.82. The van der Waals surface area contributed by atoms with Crippen LogP contribution in [0, 0.1) is 17.1 Å². The van der Waals surface area contributed by atoms with Gasteiger partial charge in [-0.15, -0.1) is 0 Å². The Morgan fingerprint density at radius 1 is 1.33 bits per heavy atom. The highest BCUT2D eigenvalue weighted by molar-refractivity contribution is 7.98. The summed E-state index contributed by atoms with van der Waals surface area (Å²) in [6.07, 6.45) is 1.75. The van der Waals surface area contributed by atoms with Crippen molar-refractivity contribution in [3.8, 4) is 23.1 Å². The second-order valence-corrected chi connectivity index (χ2v) is 6.70. The number of nitrogens with one attached hydrogen (secondary N) is 1. The molecule has 0 bridgehead atoms. The molecule has 0 atom stereocenters. The minimum Gasteiger partial charge on any atom is -0.488 e. The molecular formula is C19H13ClFN3O2S. The van der Waals surface area contributed by atoms with Crippen LogP contribution in [0.15, 0.2) is 52.4 Å². The third-order valence-electron chi connectivity index (χ3n) is 3.68. The van der Waals surface area contributed by atoms with Crippen LogP contribution >= 0.6 is 23.4 Å². The van der Waals surface area contributed by atoms with Gasteiger partial charge in [-0.25, -0.2) is 9.37 Å². The van der Waals surface area contributed by atoms with Crippen LogP contribution in [0.25, 0.3) is 11.3 Å². The van der Waals surface area contributed by atoms with Crippen molar-refractivity contribution in [1.82, 2.24) is 9.97 Å². The van der Waals surface area contributed by atoms with E-state index >= 15 is 0 Å². The predicted molar refractivity (Wildman–Crippen MR) is 103 cm³/mol. The fourth-order valence-electron chi connectivity index (χ4n) is 2.45. The van der Waals surface area contributed by atoms with E-state index in [4.69, 9.17) is 16.3 Å². The van der Waals surface area contributed by atoms with Gasteiger partial charge in [0.15, 0.2) is 5.16 Å². The maximum Gasteiger partial charge on any atom is 0.270 e. The molecule has 0 saturated heterocycles. The molecular weight excluding hydrogens is 389 g/mol. The van der Waals surface area contributed by atoms with Gasteiger partial charge >= 0.3 is 0 Å². The zero-order chi connectivity index (χ0) is 19.4. The lowest BCUT2D eigenvalue weighted by Crippen LogP contribution is -2.15. The average Bonchev–Trinajstić information content (AvgIpc) is 2.66. The van der Waals surface area contributed by atoms with Crippen molar-refractivity contribution >= 4 is 23.4 Å². The van der Waals surface area contributed by atoms with Crippen molar-refractivity contribution in [3.63, 3.8) is 0 Å². The number of benzene rings is 2. The summed E-state index contributed by atoms with van der Waals surface area (Å²) in [4.78, 5) is 19.0. The fourth-order valence-corrected chi connectivity index (χ4v) is 3.04. The molecule has 0 amide bonds. The fraction of sp³-hybridized carbons (Fsp3) is 0.105. The van der Waals surface area contributed by atoms with Crippen LogP contribution < -0.4 is 10.3 Å². The van der Waals surface area contributed by atoms with Gasteiger partial charge in [0.2, 0.25) is 0 Å². The van der Waals surface area contributed by atoms with E-state index in [1.165, 1.54) is 30.0 Å². The predicted octanol–water partition coefficient (Wildman–Crippen LogP) is 4.40. The molecule has 3 rings (SSSR count). The summed E-state index contributed by atoms with van der Waals surface area (Å²) in [5.41, 5.74) is 0.578. The monoisotopic (exact) mass is 401 g/mol. The number of aromatic nitrogens is 2. The quantitative estimate of drug-likeness (QED) is 0.506. The lowest BCUT2D eigenvalue weighted by Gasteiger charge is -2.13. The van der Waals surface area contributed by atoms with Gasteiger partial charge in [0, 0.05) is 16.7 Å². The molecule has 136 valence electrons. The first-order chi connectivity index (χ1) is 13.0. The van der Waals surface area contributed by atoms with Gasteiger partial charge in [-0.2, -0.15) is 5.26 Å². The highest BCUT2D eigenvalue weighted by Crippen LogP contribution is 2.32. The Morgan fingerprint density at radius 2 is 2.15 bits per heavy atom. The molecule has 0 saturated carbocycles. The van der Waals surface area contributed by atoms with Gasteiger partial charge < -0.3 is 9.72 Å². The van der Waals surface area contributed by atoms with Crippen LogP contribution in [0.1, 0.15) is 11.1 Å². The molecule has 8 heteroatoms. The molecule has 0 aliphatic heterocycles. The van der Waals surface area contributed by atoms with Crippen LogP contribution in [0.3, 0.4) is 0 Å². The number of halogens is 2. The number of nitriles is 1. The lowest BCUT2D eigenvalue weighted by atomic mass is 10.1. The summed E-state index contributed by atoms with van der Waals surface area (Å²) >= 11 is 7.19. The van der Waals surface area contributed by atoms with Gasteiger partial charge in [0.25, 0.3) is 5.56 Å². The molecule has 1 N–H and O–H groups in total. The van der Waals surface area contributed by atoms with Crippen molar-refractivity contribution in [1.29, 1.82) is 5.26 Å². The Balaban J connectivity index is 2.06. The van der Waals surface area contributed by atoms with Gasteiger partial charge in [-0.3, -0.25) is 4.79 Å². The Bertz CT molecular complexity index is 1100. The van der Waals surface area contributed by atoms with E-state index in [1.54, 1.807) is 24.5 Å². The largest absolute Gasteiger partial charge is 0.488 e. The topological polar surface area (TPSA) is 78.8 Å². The second-order valence-electron chi connectivity index (χ2n) is 5.47. The van der Waals surface area contributed by atoms with E-state index in [-0.39, 0.29) is 23.6 Å². The minimum atomic E-state index is -0.558. The normalized spacial score (nSPS) is 10.4. The van der Waals surface area contributed by atoms with E-state index in [9.17, 15) is 14.4 Å². The Kier molecular flexibility index (Phi) is 5.79.